The molecule has 250 valence electrons. The maximum atomic E-state index is 14.1. The first-order chi connectivity index (χ1) is 24.1. The molecule has 2 atom stereocenters. The van der Waals surface area contributed by atoms with Crippen LogP contribution in [-0.4, -0.2) is 23.1 Å². The molecule has 0 fully saturated rings. The molecule has 1 heterocycles. The van der Waals surface area contributed by atoms with E-state index in [1.54, 1.807) is 18.4 Å². The first kappa shape index (κ1) is 34.3. The molecule has 0 bridgehead atoms. The van der Waals surface area contributed by atoms with E-state index in [2.05, 4.69) is 50.3 Å². The highest BCUT2D eigenvalue weighted by molar-refractivity contribution is 6.49. The van der Waals surface area contributed by atoms with Gasteiger partial charge in [-0.25, -0.2) is 4.79 Å². The topological polar surface area (TPSA) is 63.7 Å². The third-order valence-electron chi connectivity index (χ3n) is 9.12. The average molecular weight is 680 g/mol. The highest BCUT2D eigenvalue weighted by Gasteiger charge is 2.52. The number of carbonyl (C=O) groups is 3. The number of ether oxygens (including phenoxy) is 1. The Morgan fingerprint density at radius 1 is 0.860 bits per heavy atom. The summed E-state index contributed by atoms with van der Waals surface area (Å²) in [5.41, 5.74) is 3.84. The number of hydrogen-bond donors (Lipinski definition) is 0. The Hall–Kier alpha value is -5.52. The summed E-state index contributed by atoms with van der Waals surface area (Å²) in [6, 6.07) is 31.9. The molecule has 6 rings (SSSR count). The second kappa shape index (κ2) is 14.5. The summed E-state index contributed by atoms with van der Waals surface area (Å²) in [5, 5.41) is 2.17. The summed E-state index contributed by atoms with van der Waals surface area (Å²) in [4.78, 5) is 42.6. The molecule has 1 aliphatic carbocycles. The quantitative estimate of drug-likeness (QED) is 0.0762. The first-order valence-corrected chi connectivity index (χ1v) is 17.1. The number of ketones is 2. The standard InChI is InChI=1S/C44H38ClNO4/c1-5-29(2)25-30(3)15-21-37-27-38-39(42(48)44(4,43(49)41(38)45)50-40(47)24-16-31-11-7-6-8-12-31)28-46(37)36-22-19-33(20-23-36)35-18-17-32-13-9-10-14-34(32)26-35/h6-29H,5H2,1-4H3/b21-15+,24-16?,30-25+/t29-,44+/m0/s1. The smallest absolute Gasteiger partial charge is 0.332 e. The van der Waals surface area contributed by atoms with Crippen molar-refractivity contribution in [3.63, 3.8) is 0 Å². The molecule has 0 saturated heterocycles. The zero-order chi connectivity index (χ0) is 35.4. The summed E-state index contributed by atoms with van der Waals surface area (Å²) in [5.74, 6) is -1.82. The Kier molecular flexibility index (Phi) is 9.98. The highest BCUT2D eigenvalue weighted by Crippen LogP contribution is 2.41. The number of carbonyl (C=O) groups excluding carboxylic acids is 3. The Morgan fingerprint density at radius 3 is 2.26 bits per heavy atom. The van der Waals surface area contributed by atoms with Crippen LogP contribution in [-0.2, 0) is 19.1 Å². The lowest BCUT2D eigenvalue weighted by molar-refractivity contribution is -0.165. The summed E-state index contributed by atoms with van der Waals surface area (Å²) in [7, 11) is 0. The van der Waals surface area contributed by atoms with Gasteiger partial charge in [0.25, 0.3) is 0 Å². The fourth-order valence-corrected chi connectivity index (χ4v) is 6.39. The third-order valence-corrected chi connectivity index (χ3v) is 9.49. The number of rotatable bonds is 9. The zero-order valence-corrected chi connectivity index (χ0v) is 29.3. The molecule has 0 N–H and O–H groups in total. The van der Waals surface area contributed by atoms with Gasteiger partial charge in [-0.2, -0.15) is 0 Å². The average Bonchev–Trinajstić information content (AvgIpc) is 3.14. The van der Waals surface area contributed by atoms with Crippen molar-refractivity contribution in [3.8, 4) is 11.1 Å². The van der Waals surface area contributed by atoms with Crippen LogP contribution in [0.2, 0.25) is 0 Å². The largest absolute Gasteiger partial charge is 0.439 e. The number of fused-ring (bicyclic) bond motifs is 2. The molecular formula is C44H38ClNO4. The SMILES string of the molecule is CC[C@H](C)/C=C(C)/C=C/C1=CC2=C(Cl)C(=O)[C@](C)(OC(=O)C=Cc3ccccc3)C(=O)C2=CN1c1ccc(-c2ccc3ccccc3c2)cc1. The molecule has 0 amide bonds. The van der Waals surface area contributed by atoms with Crippen molar-refractivity contribution in [2.24, 2.45) is 5.92 Å². The summed E-state index contributed by atoms with van der Waals surface area (Å²) >= 11 is 6.72. The van der Waals surface area contributed by atoms with Crippen LogP contribution in [0.3, 0.4) is 0 Å². The third kappa shape index (κ3) is 7.10. The molecule has 0 radical (unpaired) electrons. The van der Waals surface area contributed by atoms with E-state index >= 15 is 0 Å². The predicted molar refractivity (Wildman–Crippen MR) is 203 cm³/mol. The van der Waals surface area contributed by atoms with E-state index in [0.717, 1.165) is 39.8 Å². The maximum Gasteiger partial charge on any atom is 0.332 e. The van der Waals surface area contributed by atoms with Gasteiger partial charge in [-0.1, -0.05) is 128 Å². The molecule has 1 aliphatic heterocycles. The molecular weight excluding hydrogens is 642 g/mol. The van der Waals surface area contributed by atoms with Gasteiger partial charge in [0.1, 0.15) is 0 Å². The summed E-state index contributed by atoms with van der Waals surface area (Å²) in [6.45, 7) is 7.66. The van der Waals surface area contributed by atoms with Gasteiger partial charge in [0.05, 0.1) is 5.03 Å². The fraction of sp³-hybridized carbons (Fsp3) is 0.159. The number of hydrogen-bond acceptors (Lipinski definition) is 5. The molecule has 6 heteroatoms. The van der Waals surface area contributed by atoms with Crippen molar-refractivity contribution in [2.45, 2.75) is 39.7 Å². The van der Waals surface area contributed by atoms with Crippen LogP contribution in [0.5, 0.6) is 0 Å². The maximum absolute atomic E-state index is 14.1. The number of benzene rings is 4. The highest BCUT2D eigenvalue weighted by atomic mass is 35.5. The van der Waals surface area contributed by atoms with Crippen LogP contribution in [0, 0.1) is 5.92 Å². The molecule has 0 unspecified atom stereocenters. The van der Waals surface area contributed by atoms with Crippen LogP contribution in [0.1, 0.15) is 39.7 Å². The summed E-state index contributed by atoms with van der Waals surface area (Å²) in [6.07, 6.45) is 13.4. The monoisotopic (exact) mass is 679 g/mol. The lowest BCUT2D eigenvalue weighted by Gasteiger charge is -2.35. The molecule has 0 saturated carbocycles. The van der Waals surface area contributed by atoms with Crippen LogP contribution in [0.25, 0.3) is 28.0 Å². The second-order valence-corrected chi connectivity index (χ2v) is 13.2. The minimum atomic E-state index is -2.13. The molecule has 2 aliphatic rings. The number of esters is 1. The van der Waals surface area contributed by atoms with Crippen LogP contribution >= 0.6 is 11.6 Å². The van der Waals surface area contributed by atoms with Crippen molar-refractivity contribution in [2.75, 3.05) is 4.90 Å². The zero-order valence-electron chi connectivity index (χ0n) is 28.5. The van der Waals surface area contributed by atoms with Gasteiger partial charge < -0.3 is 9.64 Å². The minimum absolute atomic E-state index is 0.165. The van der Waals surface area contributed by atoms with E-state index < -0.39 is 23.1 Å². The van der Waals surface area contributed by atoms with E-state index in [0.29, 0.717) is 17.2 Å². The Morgan fingerprint density at radius 2 is 1.54 bits per heavy atom. The number of nitrogens with zero attached hydrogens (tertiary/aromatic N) is 1. The lowest BCUT2D eigenvalue weighted by atomic mass is 9.79. The van der Waals surface area contributed by atoms with E-state index in [1.807, 2.05) is 90.7 Å². The molecule has 0 spiro atoms. The number of anilines is 1. The molecule has 5 nitrogen and oxygen atoms in total. The van der Waals surface area contributed by atoms with Gasteiger partial charge in [-0.15, -0.1) is 0 Å². The molecule has 4 aromatic carbocycles. The minimum Gasteiger partial charge on any atom is -0.439 e. The van der Waals surface area contributed by atoms with Crippen molar-refractivity contribution < 1.29 is 19.1 Å². The molecule has 50 heavy (non-hydrogen) atoms. The molecule has 0 aromatic heterocycles. The predicted octanol–water partition coefficient (Wildman–Crippen LogP) is 10.3. The summed E-state index contributed by atoms with van der Waals surface area (Å²) < 4.78 is 5.59. The van der Waals surface area contributed by atoms with E-state index in [1.165, 1.54) is 18.4 Å². The van der Waals surface area contributed by atoms with E-state index in [-0.39, 0.29) is 10.6 Å². The fourth-order valence-electron chi connectivity index (χ4n) is 6.05. The van der Waals surface area contributed by atoms with Gasteiger partial charge in [0, 0.05) is 34.8 Å². The van der Waals surface area contributed by atoms with E-state index in [4.69, 9.17) is 16.3 Å². The Labute approximate surface area is 298 Å². The Balaban J connectivity index is 1.37. The Bertz CT molecular complexity index is 2170. The van der Waals surface area contributed by atoms with Crippen LogP contribution in [0.15, 0.2) is 161 Å². The van der Waals surface area contributed by atoms with Crippen molar-refractivity contribution >= 4 is 51.7 Å². The first-order valence-electron chi connectivity index (χ1n) is 16.7. The number of allylic oxidation sites excluding steroid dienone is 6. The van der Waals surface area contributed by atoms with E-state index in [9.17, 15) is 14.4 Å². The van der Waals surface area contributed by atoms with Gasteiger partial charge in [-0.05, 0) is 83.7 Å². The number of Topliss-reactive ketones (excluding diaryl/α,β-unsaturated/α-hetero) is 2. The van der Waals surface area contributed by atoms with Crippen molar-refractivity contribution in [3.05, 3.63) is 167 Å². The number of halogens is 1. The van der Waals surface area contributed by atoms with Gasteiger partial charge >= 0.3 is 5.97 Å². The molecule has 4 aromatic rings. The lowest BCUT2D eigenvalue weighted by Crippen LogP contribution is -2.52. The van der Waals surface area contributed by atoms with Gasteiger partial charge in [0.15, 0.2) is 0 Å². The van der Waals surface area contributed by atoms with Gasteiger partial charge in [0.2, 0.25) is 17.2 Å². The van der Waals surface area contributed by atoms with Crippen molar-refractivity contribution in [1.82, 2.24) is 0 Å². The second-order valence-electron chi connectivity index (χ2n) is 12.8. The van der Waals surface area contributed by atoms with Gasteiger partial charge in [-0.3, -0.25) is 9.59 Å². The van der Waals surface area contributed by atoms with Crippen LogP contribution in [0.4, 0.5) is 5.69 Å². The van der Waals surface area contributed by atoms with Crippen LogP contribution < -0.4 is 4.90 Å². The van der Waals surface area contributed by atoms with Crippen molar-refractivity contribution in [1.29, 1.82) is 0 Å². The normalized spacial score (nSPS) is 18.8.